The van der Waals surface area contributed by atoms with Gasteiger partial charge in [-0.25, -0.2) is 0 Å². The van der Waals surface area contributed by atoms with Gasteiger partial charge in [-0.3, -0.25) is 10.1 Å². The van der Waals surface area contributed by atoms with Crippen LogP contribution in [0.2, 0.25) is 5.02 Å². The topological polar surface area (TPSA) is 93.8 Å². The van der Waals surface area contributed by atoms with Crippen LogP contribution in [0.25, 0.3) is 11.5 Å². The van der Waals surface area contributed by atoms with Gasteiger partial charge in [0.1, 0.15) is 5.01 Å². The lowest BCUT2D eigenvalue weighted by molar-refractivity contribution is -0.113. The Morgan fingerprint density at radius 3 is 2.77 bits per heavy atom. The summed E-state index contributed by atoms with van der Waals surface area (Å²) in [5.41, 5.74) is 0.625. The quantitative estimate of drug-likeness (QED) is 0.628. The third-order valence-corrected chi connectivity index (χ3v) is 5.44. The Labute approximate surface area is 163 Å². The number of rotatable bonds is 5. The van der Waals surface area contributed by atoms with Crippen molar-refractivity contribution in [1.29, 1.82) is 0 Å². The fourth-order valence-electron chi connectivity index (χ4n) is 1.87. The molecule has 1 amide bonds. The van der Waals surface area contributed by atoms with Crippen LogP contribution in [0.1, 0.15) is 25.8 Å². The van der Waals surface area contributed by atoms with E-state index in [4.69, 9.17) is 16.0 Å². The summed E-state index contributed by atoms with van der Waals surface area (Å²) in [5, 5.41) is 21.0. The molecule has 2 aromatic heterocycles. The van der Waals surface area contributed by atoms with Crippen LogP contribution >= 0.6 is 34.7 Å². The number of amides is 1. The molecule has 0 aliphatic rings. The lowest BCUT2D eigenvalue weighted by Gasteiger charge is -2.12. The maximum Gasteiger partial charge on any atom is 0.277 e. The number of hydrogen-bond donors (Lipinski definition) is 1. The minimum atomic E-state index is -0.214. The summed E-state index contributed by atoms with van der Waals surface area (Å²) in [6.45, 7) is 6.13. The van der Waals surface area contributed by atoms with Gasteiger partial charge in [0.15, 0.2) is 0 Å². The molecule has 7 nitrogen and oxygen atoms in total. The Hall–Kier alpha value is -1.97. The predicted octanol–water partition coefficient (Wildman–Crippen LogP) is 4.27. The van der Waals surface area contributed by atoms with Crippen LogP contribution in [-0.2, 0) is 10.2 Å². The Morgan fingerprint density at radius 1 is 1.27 bits per heavy atom. The average Bonchev–Trinajstić information content (AvgIpc) is 3.22. The van der Waals surface area contributed by atoms with Crippen LogP contribution in [0, 0.1) is 0 Å². The lowest BCUT2D eigenvalue weighted by atomic mass is 9.98. The molecule has 3 aromatic rings. The van der Waals surface area contributed by atoms with Crippen molar-refractivity contribution in [2.75, 3.05) is 11.1 Å². The highest BCUT2D eigenvalue weighted by Crippen LogP contribution is 2.28. The zero-order chi connectivity index (χ0) is 18.7. The predicted molar refractivity (Wildman–Crippen MR) is 103 cm³/mol. The molecule has 2 heterocycles. The Bertz CT molecular complexity index is 919. The normalized spacial score (nSPS) is 11.5. The zero-order valence-corrected chi connectivity index (χ0v) is 16.7. The van der Waals surface area contributed by atoms with E-state index in [2.05, 4.69) is 25.7 Å². The van der Waals surface area contributed by atoms with E-state index in [0.717, 1.165) is 22.3 Å². The molecule has 0 unspecified atom stereocenters. The molecule has 26 heavy (non-hydrogen) atoms. The van der Waals surface area contributed by atoms with Crippen LogP contribution in [-0.4, -0.2) is 32.1 Å². The fourth-order valence-corrected chi connectivity index (χ4v) is 3.44. The summed E-state index contributed by atoms with van der Waals surface area (Å²) in [4.78, 5) is 12.1. The van der Waals surface area contributed by atoms with E-state index in [9.17, 15) is 4.79 Å². The molecule has 0 atom stereocenters. The van der Waals surface area contributed by atoms with Gasteiger partial charge in [0.2, 0.25) is 16.9 Å². The van der Waals surface area contributed by atoms with Gasteiger partial charge in [-0.1, -0.05) is 61.5 Å². The van der Waals surface area contributed by atoms with Crippen molar-refractivity contribution in [3.05, 3.63) is 34.3 Å². The van der Waals surface area contributed by atoms with E-state index < -0.39 is 0 Å². The summed E-state index contributed by atoms with van der Waals surface area (Å²) in [6, 6.07) is 7.12. The van der Waals surface area contributed by atoms with Crippen molar-refractivity contribution in [3.8, 4) is 11.5 Å². The first-order chi connectivity index (χ1) is 12.3. The summed E-state index contributed by atoms with van der Waals surface area (Å²) in [5.74, 6) is 0.269. The SMILES string of the molecule is CC(C)(C)c1nnc(NC(=O)CSc2nnc(-c3cccc(Cl)c3)o2)s1. The Morgan fingerprint density at radius 2 is 2.08 bits per heavy atom. The first-order valence-corrected chi connectivity index (χ1v) is 9.85. The van der Waals surface area contributed by atoms with Crippen LogP contribution in [0.3, 0.4) is 0 Å². The Balaban J connectivity index is 1.56. The molecule has 10 heteroatoms. The molecule has 0 radical (unpaired) electrons. The van der Waals surface area contributed by atoms with E-state index in [1.807, 2.05) is 26.8 Å². The first kappa shape index (κ1) is 18.8. The zero-order valence-electron chi connectivity index (χ0n) is 14.3. The highest BCUT2D eigenvalue weighted by molar-refractivity contribution is 7.99. The number of carbonyl (C=O) groups is 1. The molecular formula is C16H16ClN5O2S2. The number of aromatic nitrogens is 4. The second kappa shape index (κ2) is 7.73. The van der Waals surface area contributed by atoms with Crippen LogP contribution in [0.15, 0.2) is 33.9 Å². The van der Waals surface area contributed by atoms with Gasteiger partial charge in [-0.2, -0.15) is 0 Å². The molecule has 0 bridgehead atoms. The second-order valence-corrected chi connectivity index (χ2v) is 8.72. The monoisotopic (exact) mass is 409 g/mol. The van der Waals surface area contributed by atoms with Gasteiger partial charge in [-0.05, 0) is 18.2 Å². The smallest absolute Gasteiger partial charge is 0.277 e. The summed E-state index contributed by atoms with van der Waals surface area (Å²) < 4.78 is 5.55. The highest BCUT2D eigenvalue weighted by atomic mass is 35.5. The molecule has 0 aliphatic heterocycles. The summed E-state index contributed by atoms with van der Waals surface area (Å²) >= 11 is 8.47. The van der Waals surface area contributed by atoms with Crippen molar-refractivity contribution >= 4 is 45.7 Å². The summed E-state index contributed by atoms with van der Waals surface area (Å²) in [6.07, 6.45) is 0. The second-order valence-electron chi connectivity index (χ2n) is 6.38. The van der Waals surface area contributed by atoms with Gasteiger partial charge < -0.3 is 4.42 Å². The van der Waals surface area contributed by atoms with E-state index in [-0.39, 0.29) is 17.1 Å². The fraction of sp³-hybridized carbons (Fsp3) is 0.312. The van der Waals surface area contributed by atoms with E-state index >= 15 is 0 Å². The summed E-state index contributed by atoms with van der Waals surface area (Å²) in [7, 11) is 0. The molecule has 136 valence electrons. The Kier molecular flexibility index (Phi) is 5.59. The largest absolute Gasteiger partial charge is 0.411 e. The number of halogens is 1. The lowest BCUT2D eigenvalue weighted by Crippen LogP contribution is -2.13. The van der Waals surface area contributed by atoms with Crippen molar-refractivity contribution < 1.29 is 9.21 Å². The standard InChI is InChI=1S/C16H16ClN5O2S2/c1-16(2,3)13-20-21-14(26-13)18-11(23)8-25-15-22-19-12(24-15)9-5-4-6-10(17)7-9/h4-7H,8H2,1-3H3,(H,18,21,23). The van der Waals surface area contributed by atoms with Crippen LogP contribution in [0.5, 0.6) is 0 Å². The number of anilines is 1. The molecule has 0 saturated carbocycles. The molecular weight excluding hydrogens is 394 g/mol. The molecule has 1 N–H and O–H groups in total. The van der Waals surface area contributed by atoms with Crippen molar-refractivity contribution in [1.82, 2.24) is 20.4 Å². The maximum absolute atomic E-state index is 12.1. The van der Waals surface area contributed by atoms with Crippen molar-refractivity contribution in [2.45, 2.75) is 31.4 Å². The molecule has 0 spiro atoms. The van der Waals surface area contributed by atoms with Crippen LogP contribution < -0.4 is 5.32 Å². The maximum atomic E-state index is 12.1. The minimum Gasteiger partial charge on any atom is -0.411 e. The molecule has 0 fully saturated rings. The van der Waals surface area contributed by atoms with Gasteiger partial charge in [0, 0.05) is 16.0 Å². The first-order valence-electron chi connectivity index (χ1n) is 7.67. The molecule has 0 aliphatic carbocycles. The molecule has 3 rings (SSSR count). The van der Waals surface area contributed by atoms with Crippen LogP contribution in [0.4, 0.5) is 5.13 Å². The van der Waals surface area contributed by atoms with E-state index in [1.54, 1.807) is 18.2 Å². The van der Waals surface area contributed by atoms with Gasteiger partial charge >= 0.3 is 0 Å². The number of carbonyl (C=O) groups excluding carboxylic acids is 1. The van der Waals surface area contributed by atoms with E-state index in [0.29, 0.717) is 21.3 Å². The number of thioether (sulfide) groups is 1. The van der Waals surface area contributed by atoms with Gasteiger partial charge in [0.05, 0.1) is 5.75 Å². The van der Waals surface area contributed by atoms with Gasteiger partial charge in [0.25, 0.3) is 5.22 Å². The average molecular weight is 410 g/mol. The number of benzene rings is 1. The van der Waals surface area contributed by atoms with Crippen molar-refractivity contribution in [3.63, 3.8) is 0 Å². The number of nitrogens with zero attached hydrogens (tertiary/aromatic N) is 4. The van der Waals surface area contributed by atoms with Crippen molar-refractivity contribution in [2.24, 2.45) is 0 Å². The third-order valence-electron chi connectivity index (χ3n) is 3.12. The molecule has 1 aromatic carbocycles. The number of hydrogen-bond acceptors (Lipinski definition) is 8. The third kappa shape index (κ3) is 4.80. The number of nitrogens with one attached hydrogen (secondary N) is 1. The minimum absolute atomic E-state index is 0.101. The highest BCUT2D eigenvalue weighted by Gasteiger charge is 2.20. The van der Waals surface area contributed by atoms with E-state index in [1.165, 1.54) is 11.3 Å². The van der Waals surface area contributed by atoms with Gasteiger partial charge in [-0.15, -0.1) is 20.4 Å². The molecule has 0 saturated heterocycles.